The molecule has 3 aliphatic rings. The summed E-state index contributed by atoms with van der Waals surface area (Å²) in [5.41, 5.74) is 0.450. The van der Waals surface area contributed by atoms with Crippen molar-refractivity contribution in [3.05, 3.63) is 0 Å². The quantitative estimate of drug-likeness (QED) is 0.322. The number of fused-ring (bicyclic) bond motifs is 2. The Bertz CT molecular complexity index is 522. The molecule has 0 aromatic heterocycles. The van der Waals surface area contributed by atoms with Crippen LogP contribution >= 0.6 is 0 Å². The Labute approximate surface area is 203 Å². The van der Waals surface area contributed by atoms with E-state index >= 15 is 0 Å². The van der Waals surface area contributed by atoms with Crippen LogP contribution in [0.1, 0.15) is 46.5 Å². The number of hydrogen-bond acceptors (Lipinski definition) is 7. The summed E-state index contributed by atoms with van der Waals surface area (Å²) in [6.45, 7) is 22.7. The second-order valence-electron chi connectivity index (χ2n) is 11.5. The fourth-order valence-electron chi connectivity index (χ4n) is 5.46. The molecule has 3 fully saturated rings. The summed E-state index contributed by atoms with van der Waals surface area (Å²) in [6.07, 6.45) is 5.10. The van der Waals surface area contributed by atoms with Gasteiger partial charge in [0, 0.05) is 91.2 Å². The van der Waals surface area contributed by atoms with E-state index in [4.69, 9.17) is 14.2 Å². The Hall–Kier alpha value is -0.280. The molecule has 194 valence electrons. The lowest BCUT2D eigenvalue weighted by Crippen LogP contribution is -2.48. The zero-order chi connectivity index (χ0) is 23.5. The number of rotatable bonds is 16. The molecule has 33 heavy (non-hydrogen) atoms. The lowest BCUT2D eigenvalue weighted by molar-refractivity contribution is 0.0410. The third kappa shape index (κ3) is 10.1. The first-order valence-electron chi connectivity index (χ1n) is 13.5. The molecule has 0 amide bonds. The van der Waals surface area contributed by atoms with Crippen LogP contribution < -0.4 is 0 Å². The molecule has 3 saturated heterocycles. The van der Waals surface area contributed by atoms with Crippen LogP contribution in [0.3, 0.4) is 0 Å². The SMILES string of the molecule is COCCN1CCN(CCOCCN2C[C@@H]3C[C@H]2CN3CCOCCCCC(C)(C)C)CC1. The summed E-state index contributed by atoms with van der Waals surface area (Å²) in [6, 6.07) is 1.46. The Balaban J connectivity index is 1.14. The zero-order valence-corrected chi connectivity index (χ0v) is 22.1. The van der Waals surface area contributed by atoms with Gasteiger partial charge in [-0.1, -0.05) is 27.2 Å². The highest BCUT2D eigenvalue weighted by Gasteiger charge is 2.42. The summed E-state index contributed by atoms with van der Waals surface area (Å²) in [7, 11) is 1.78. The van der Waals surface area contributed by atoms with Crippen LogP contribution in [-0.2, 0) is 14.2 Å². The van der Waals surface area contributed by atoms with Gasteiger partial charge in [-0.3, -0.25) is 19.6 Å². The topological polar surface area (TPSA) is 40.7 Å². The standard InChI is InChI=1S/C26H52N4O3/c1-26(2,3)7-5-6-16-32-19-14-29-22-25-21-24(29)23-30(25)15-20-33-18-13-28-10-8-27(9-11-28)12-17-31-4/h24-25H,5-23H2,1-4H3/t24-,25-/m0/s1. The van der Waals surface area contributed by atoms with Crippen LogP contribution in [0.15, 0.2) is 0 Å². The highest BCUT2D eigenvalue weighted by Crippen LogP contribution is 2.30. The molecule has 3 heterocycles. The van der Waals surface area contributed by atoms with Crippen molar-refractivity contribution in [1.29, 1.82) is 0 Å². The largest absolute Gasteiger partial charge is 0.383 e. The van der Waals surface area contributed by atoms with Crippen molar-refractivity contribution in [3.8, 4) is 0 Å². The molecule has 0 saturated carbocycles. The lowest BCUT2D eigenvalue weighted by atomic mass is 9.90. The number of piperazine rings is 2. The van der Waals surface area contributed by atoms with Crippen LogP contribution in [-0.4, -0.2) is 137 Å². The van der Waals surface area contributed by atoms with E-state index < -0.39 is 0 Å². The van der Waals surface area contributed by atoms with Gasteiger partial charge in [0.2, 0.25) is 0 Å². The second kappa shape index (κ2) is 14.3. The van der Waals surface area contributed by atoms with E-state index in [0.29, 0.717) is 5.41 Å². The number of hydrogen-bond donors (Lipinski definition) is 0. The van der Waals surface area contributed by atoms with Crippen LogP contribution in [0.4, 0.5) is 0 Å². The summed E-state index contributed by atoms with van der Waals surface area (Å²) in [4.78, 5) is 10.3. The summed E-state index contributed by atoms with van der Waals surface area (Å²) in [5, 5.41) is 0. The van der Waals surface area contributed by atoms with Crippen molar-refractivity contribution < 1.29 is 14.2 Å². The number of ether oxygens (including phenoxy) is 3. The van der Waals surface area contributed by atoms with Gasteiger partial charge in [-0.25, -0.2) is 0 Å². The van der Waals surface area contributed by atoms with Gasteiger partial charge in [0.05, 0.1) is 26.4 Å². The molecule has 0 aliphatic carbocycles. The molecule has 7 nitrogen and oxygen atoms in total. The van der Waals surface area contributed by atoms with Gasteiger partial charge in [-0.05, 0) is 24.7 Å². The van der Waals surface area contributed by atoms with Crippen molar-refractivity contribution >= 4 is 0 Å². The molecule has 2 atom stereocenters. The monoisotopic (exact) mass is 468 g/mol. The van der Waals surface area contributed by atoms with Gasteiger partial charge >= 0.3 is 0 Å². The summed E-state index contributed by atoms with van der Waals surface area (Å²) >= 11 is 0. The van der Waals surface area contributed by atoms with Crippen molar-refractivity contribution in [3.63, 3.8) is 0 Å². The fraction of sp³-hybridized carbons (Fsp3) is 1.00. The predicted molar refractivity (Wildman–Crippen MR) is 135 cm³/mol. The minimum atomic E-state index is 0.450. The maximum atomic E-state index is 6.01. The second-order valence-corrected chi connectivity index (χ2v) is 11.5. The van der Waals surface area contributed by atoms with Crippen LogP contribution in [0.2, 0.25) is 0 Å². The Morgan fingerprint density at radius 2 is 1.18 bits per heavy atom. The minimum absolute atomic E-state index is 0.450. The first-order valence-corrected chi connectivity index (χ1v) is 13.5. The molecule has 7 heteroatoms. The molecule has 3 rings (SSSR count). The first kappa shape index (κ1) is 27.3. The van der Waals surface area contributed by atoms with Crippen molar-refractivity contribution in [2.45, 2.75) is 58.5 Å². The smallest absolute Gasteiger partial charge is 0.0594 e. The molecular formula is C26H52N4O3. The van der Waals surface area contributed by atoms with Crippen LogP contribution in [0, 0.1) is 5.41 Å². The van der Waals surface area contributed by atoms with Crippen molar-refractivity contribution in [2.24, 2.45) is 5.41 Å². The molecule has 0 aromatic carbocycles. The van der Waals surface area contributed by atoms with E-state index in [1.165, 1.54) is 38.8 Å². The average molecular weight is 469 g/mol. The van der Waals surface area contributed by atoms with Crippen molar-refractivity contribution in [1.82, 2.24) is 19.6 Å². The third-order valence-electron chi connectivity index (χ3n) is 7.61. The Kier molecular flexibility index (Phi) is 11.9. The van der Waals surface area contributed by atoms with Gasteiger partial charge in [-0.2, -0.15) is 0 Å². The van der Waals surface area contributed by atoms with E-state index in [-0.39, 0.29) is 0 Å². The molecule has 0 aromatic rings. The third-order valence-corrected chi connectivity index (χ3v) is 7.61. The molecule has 0 N–H and O–H groups in total. The van der Waals surface area contributed by atoms with Gasteiger partial charge < -0.3 is 14.2 Å². The predicted octanol–water partition coefficient (Wildman–Crippen LogP) is 2.26. The Morgan fingerprint density at radius 1 is 0.667 bits per heavy atom. The van der Waals surface area contributed by atoms with Gasteiger partial charge in [0.15, 0.2) is 0 Å². The minimum Gasteiger partial charge on any atom is -0.383 e. The van der Waals surface area contributed by atoms with Gasteiger partial charge in [-0.15, -0.1) is 0 Å². The Morgan fingerprint density at radius 3 is 1.70 bits per heavy atom. The van der Waals surface area contributed by atoms with E-state index in [0.717, 1.165) is 97.5 Å². The van der Waals surface area contributed by atoms with Crippen molar-refractivity contribution in [2.75, 3.05) is 106 Å². The normalized spacial score (nSPS) is 25.5. The summed E-state index contributed by atoms with van der Waals surface area (Å²) in [5.74, 6) is 0. The highest BCUT2D eigenvalue weighted by molar-refractivity contribution is 4.99. The number of nitrogens with zero attached hydrogens (tertiary/aromatic N) is 4. The van der Waals surface area contributed by atoms with E-state index in [1.807, 2.05) is 0 Å². The maximum Gasteiger partial charge on any atom is 0.0594 e. The first-order chi connectivity index (χ1) is 15.9. The maximum absolute atomic E-state index is 6.01. The average Bonchev–Trinajstić information content (AvgIpc) is 3.37. The van der Waals surface area contributed by atoms with Gasteiger partial charge in [0.1, 0.15) is 0 Å². The highest BCUT2D eigenvalue weighted by atomic mass is 16.5. The number of unbranched alkanes of at least 4 members (excludes halogenated alkanes) is 1. The number of likely N-dealkylation sites (tertiary alicyclic amines) is 2. The molecule has 2 bridgehead atoms. The molecule has 0 unspecified atom stereocenters. The van der Waals surface area contributed by atoms with Crippen LogP contribution in [0.5, 0.6) is 0 Å². The molecular weight excluding hydrogens is 416 g/mol. The summed E-state index contributed by atoms with van der Waals surface area (Å²) < 4.78 is 17.1. The lowest BCUT2D eigenvalue weighted by Gasteiger charge is -2.35. The molecule has 0 spiro atoms. The van der Waals surface area contributed by atoms with Crippen LogP contribution in [0.25, 0.3) is 0 Å². The fourth-order valence-corrected chi connectivity index (χ4v) is 5.46. The molecule has 0 radical (unpaired) electrons. The van der Waals surface area contributed by atoms with E-state index in [1.54, 1.807) is 7.11 Å². The zero-order valence-electron chi connectivity index (χ0n) is 22.1. The van der Waals surface area contributed by atoms with Gasteiger partial charge in [0.25, 0.3) is 0 Å². The number of methoxy groups -OCH3 is 1. The van der Waals surface area contributed by atoms with E-state index in [2.05, 4.69) is 40.4 Å². The van der Waals surface area contributed by atoms with E-state index in [9.17, 15) is 0 Å². The molecule has 3 aliphatic heterocycles.